The summed E-state index contributed by atoms with van der Waals surface area (Å²) in [5.74, 6) is 0. The number of hydrogen-bond acceptors (Lipinski definition) is 4. The summed E-state index contributed by atoms with van der Waals surface area (Å²) in [5.41, 5.74) is 0. The van der Waals surface area contributed by atoms with Gasteiger partial charge in [-0.05, 0) is 0 Å². The van der Waals surface area contributed by atoms with Gasteiger partial charge < -0.3 is 10.4 Å². The van der Waals surface area contributed by atoms with Crippen LogP contribution in [0.15, 0.2) is 0 Å². The van der Waals surface area contributed by atoms with Crippen LogP contribution in [0.5, 0.6) is 0 Å². The van der Waals surface area contributed by atoms with E-state index < -0.39 is 10.2 Å². The second-order valence-electron chi connectivity index (χ2n) is 0.976. The molecule has 0 bridgehead atoms. The van der Waals surface area contributed by atoms with Gasteiger partial charge in [-0.25, -0.2) is 0 Å². The first-order chi connectivity index (χ1) is 4.88. The molecule has 0 saturated carbocycles. The van der Waals surface area contributed by atoms with Crippen molar-refractivity contribution in [2.75, 3.05) is 0 Å². The molecule has 0 radical (unpaired) electrons. The zero-order valence-electron chi connectivity index (χ0n) is 5.92. The maximum atomic E-state index is 8.36. The molecule has 8 nitrogen and oxygen atoms in total. The quantitative estimate of drug-likeness (QED) is 0.357. The van der Waals surface area contributed by atoms with Gasteiger partial charge in [-0.2, -0.15) is 0 Å². The fourth-order valence-electron chi connectivity index (χ4n) is 0. The molecule has 0 aliphatic rings. The summed E-state index contributed by atoms with van der Waals surface area (Å²) < 4.78 is 4.64. The summed E-state index contributed by atoms with van der Waals surface area (Å²) in [7, 11) is 0. The molecule has 0 heterocycles. The first kappa shape index (κ1) is 16.7. The van der Waals surface area contributed by atoms with Crippen LogP contribution in [0.4, 0.5) is 0 Å². The Bertz CT molecular complexity index is 86.8. The molecule has 0 unspecified atom stereocenters. The summed E-state index contributed by atoms with van der Waals surface area (Å²) in [4.78, 5) is 16.7. The first-order valence-corrected chi connectivity index (χ1v) is 9.91. The van der Waals surface area contributed by atoms with Gasteiger partial charge in [-0.15, -0.1) is 20.2 Å². The van der Waals surface area contributed by atoms with E-state index in [-0.39, 0.29) is 24.2 Å². The van der Waals surface area contributed by atoms with Gasteiger partial charge in [0, 0.05) is 0 Å². The van der Waals surface area contributed by atoms with Crippen molar-refractivity contribution >= 4 is 24.2 Å². The van der Waals surface area contributed by atoms with Crippen molar-refractivity contribution in [3.8, 4) is 0 Å². The van der Waals surface area contributed by atoms with Crippen molar-refractivity contribution in [1.82, 2.24) is 0 Å². The normalized spacial score (nSPS) is 5.27. The van der Waals surface area contributed by atoms with Crippen molar-refractivity contribution in [2.24, 2.45) is 0 Å². The van der Waals surface area contributed by atoms with E-state index >= 15 is 0 Å². The molecule has 0 atom stereocenters. The van der Waals surface area contributed by atoms with Gasteiger partial charge in [0.2, 0.25) is 0 Å². The fourth-order valence-corrected chi connectivity index (χ4v) is 0. The Labute approximate surface area is 74.3 Å². The molecule has 0 saturated heterocycles. The minimum atomic E-state index is -1.50. The second kappa shape index (κ2) is 16.2. The molecule has 0 rings (SSSR count). The summed E-state index contributed by atoms with van der Waals surface area (Å²) in [6.07, 6.45) is 0. The van der Waals surface area contributed by atoms with Crippen LogP contribution in [0, 0.1) is 20.2 Å². The van der Waals surface area contributed by atoms with Gasteiger partial charge in [0.15, 0.2) is 0 Å². The molecule has 0 amide bonds. The van der Waals surface area contributed by atoms with Crippen LogP contribution in [0.25, 0.3) is 0 Å². The van der Waals surface area contributed by atoms with Crippen molar-refractivity contribution < 1.29 is 20.6 Å². The molecule has 0 aromatic heterocycles. The van der Waals surface area contributed by atoms with Gasteiger partial charge in [-0.1, -0.05) is 0 Å². The van der Waals surface area contributed by atoms with Crippen molar-refractivity contribution in [1.29, 1.82) is 0 Å². The van der Waals surface area contributed by atoms with Crippen LogP contribution in [0.3, 0.4) is 0 Å². The summed E-state index contributed by atoms with van der Waals surface area (Å²) >= 11 is 0.0833. The standard InChI is InChI=1S/2CH3.2HNO3.Pb/c;;2*2-1(3)4;/h2*1H3;2*(H,2,3,4);/q;;;;+2. The molecule has 64 valence electrons. The van der Waals surface area contributed by atoms with E-state index in [0.29, 0.717) is 0 Å². The van der Waals surface area contributed by atoms with Gasteiger partial charge in [0.1, 0.15) is 0 Å². The van der Waals surface area contributed by atoms with Gasteiger partial charge in [0.25, 0.3) is 10.2 Å². The molecule has 0 aliphatic carbocycles. The van der Waals surface area contributed by atoms with Crippen molar-refractivity contribution in [3.63, 3.8) is 0 Å². The van der Waals surface area contributed by atoms with Crippen molar-refractivity contribution in [3.05, 3.63) is 20.2 Å². The molecule has 0 aromatic carbocycles. The molecule has 0 spiro atoms. The van der Waals surface area contributed by atoms with Crippen LogP contribution >= 0.6 is 0 Å². The monoisotopic (exact) mass is 364 g/mol. The average Bonchev–Trinajstić information content (AvgIpc) is 1.60. The number of rotatable bonds is 0. The molecule has 0 fully saturated rings. The van der Waals surface area contributed by atoms with E-state index in [0.717, 1.165) is 0 Å². The van der Waals surface area contributed by atoms with Crippen LogP contribution in [-0.4, -0.2) is 44.8 Å². The predicted molar refractivity (Wildman–Crippen MR) is 35.0 cm³/mol. The SMILES string of the molecule is O=[N+]([O-])O.O=[N+]([O-])O.[CH3][Pb+2][CH3]. The maximum absolute atomic E-state index is 8.36. The van der Waals surface area contributed by atoms with Crippen LogP contribution in [-0.2, 0) is 0 Å². The third-order valence-electron chi connectivity index (χ3n) is 0. The fraction of sp³-hybridized carbons (Fsp3) is 1.00. The molecule has 0 aromatic rings. The topological polar surface area (TPSA) is 127 Å². The second-order valence-corrected chi connectivity index (χ2v) is 4.86. The summed E-state index contributed by atoms with van der Waals surface area (Å²) in [6, 6.07) is 0. The van der Waals surface area contributed by atoms with Crippen LogP contribution < -0.4 is 0 Å². The van der Waals surface area contributed by atoms with Crippen molar-refractivity contribution in [2.45, 2.75) is 8.97 Å². The molecule has 11 heavy (non-hydrogen) atoms. The third-order valence-corrected chi connectivity index (χ3v) is 0. The Morgan fingerprint density at radius 3 is 1.09 bits per heavy atom. The van der Waals surface area contributed by atoms with Gasteiger partial charge in [0.05, 0.1) is 0 Å². The Balaban J connectivity index is -0.0000000886. The molecular formula is C2H8N2O6Pb+2. The van der Waals surface area contributed by atoms with E-state index in [2.05, 4.69) is 8.97 Å². The molecular weight excluding hydrogens is 355 g/mol. The Kier molecular flexibility index (Phi) is 24.6. The Hall–Kier alpha value is -0.678. The van der Waals surface area contributed by atoms with E-state index in [1.807, 2.05) is 0 Å². The first-order valence-electron chi connectivity index (χ1n) is 2.13. The van der Waals surface area contributed by atoms with E-state index in [1.54, 1.807) is 0 Å². The molecule has 9 heteroatoms. The minimum absolute atomic E-state index is 0.0833. The summed E-state index contributed by atoms with van der Waals surface area (Å²) in [6.45, 7) is 0. The third kappa shape index (κ3) is 1090. The zero-order valence-corrected chi connectivity index (χ0v) is 9.81. The van der Waals surface area contributed by atoms with Crippen LogP contribution in [0.2, 0.25) is 8.97 Å². The molecule has 2 N–H and O–H groups in total. The number of nitrogens with zero attached hydrogens (tertiary/aromatic N) is 2. The predicted octanol–water partition coefficient (Wildman–Crippen LogP) is 0.0914. The zero-order chi connectivity index (χ0) is 9.86. The Morgan fingerprint density at radius 2 is 1.09 bits per heavy atom. The number of hydrogen-bond donors (Lipinski definition) is 2. The van der Waals surface area contributed by atoms with E-state index in [9.17, 15) is 0 Å². The van der Waals surface area contributed by atoms with Crippen LogP contribution in [0.1, 0.15) is 0 Å². The summed E-state index contributed by atoms with van der Waals surface area (Å²) in [5, 5.41) is 27.3. The van der Waals surface area contributed by atoms with E-state index in [4.69, 9.17) is 30.6 Å². The van der Waals surface area contributed by atoms with E-state index in [1.165, 1.54) is 0 Å². The molecule has 0 aliphatic heterocycles. The Morgan fingerprint density at radius 1 is 1.09 bits per heavy atom. The van der Waals surface area contributed by atoms with Gasteiger partial charge >= 0.3 is 33.2 Å². The average molecular weight is 363 g/mol. The van der Waals surface area contributed by atoms with Gasteiger partial charge in [-0.3, -0.25) is 0 Å².